The van der Waals surface area contributed by atoms with E-state index in [4.69, 9.17) is 0 Å². The second-order valence-electron chi connectivity index (χ2n) is 3.81. The molecular weight excluding hydrogens is 230 g/mol. The molecule has 0 amide bonds. The van der Waals surface area contributed by atoms with Crippen LogP contribution < -0.4 is 5.32 Å². The van der Waals surface area contributed by atoms with Crippen molar-refractivity contribution in [3.8, 4) is 0 Å². The van der Waals surface area contributed by atoms with Gasteiger partial charge in [-0.25, -0.2) is 8.42 Å². The zero-order valence-corrected chi connectivity index (χ0v) is 11.6. The molecule has 5 heteroatoms. The molecule has 0 bridgehead atoms. The summed E-state index contributed by atoms with van der Waals surface area (Å²) in [6.45, 7) is 3.04. The summed E-state index contributed by atoms with van der Waals surface area (Å²) in [5, 5.41) is 3.40. The van der Waals surface area contributed by atoms with Crippen LogP contribution in [0.15, 0.2) is 0 Å². The molecule has 0 radical (unpaired) electrons. The molecule has 1 atom stereocenters. The summed E-state index contributed by atoms with van der Waals surface area (Å²) >= 11 is 1.84. The summed E-state index contributed by atoms with van der Waals surface area (Å²) in [5.74, 6) is 1.45. The van der Waals surface area contributed by atoms with Crippen LogP contribution in [0.5, 0.6) is 0 Å². The second-order valence-corrected chi connectivity index (χ2v) is 7.05. The molecule has 0 aliphatic heterocycles. The summed E-state index contributed by atoms with van der Waals surface area (Å²) in [6.07, 6.45) is 6.25. The molecule has 1 N–H and O–H groups in total. The fourth-order valence-electron chi connectivity index (χ4n) is 1.49. The topological polar surface area (TPSA) is 46.2 Å². The molecule has 0 heterocycles. The molecular formula is C10H23NO2S2. The number of rotatable bonds is 9. The van der Waals surface area contributed by atoms with Crippen molar-refractivity contribution < 1.29 is 8.42 Å². The minimum atomic E-state index is -2.79. The third-order valence-corrected chi connectivity index (χ3v) is 3.91. The second kappa shape index (κ2) is 8.42. The van der Waals surface area contributed by atoms with Crippen molar-refractivity contribution in [1.29, 1.82) is 0 Å². The lowest BCUT2D eigenvalue weighted by Gasteiger charge is -2.16. The molecule has 0 rings (SSSR count). The Morgan fingerprint density at radius 2 is 2.00 bits per heavy atom. The number of sulfone groups is 1. The van der Waals surface area contributed by atoms with E-state index in [0.717, 1.165) is 31.6 Å². The Labute approximate surface area is 98.3 Å². The van der Waals surface area contributed by atoms with Gasteiger partial charge in [0, 0.05) is 18.1 Å². The zero-order valence-electron chi connectivity index (χ0n) is 9.95. The van der Waals surface area contributed by atoms with Gasteiger partial charge >= 0.3 is 0 Å². The first-order valence-electron chi connectivity index (χ1n) is 5.39. The van der Waals surface area contributed by atoms with Gasteiger partial charge in [-0.05, 0) is 37.8 Å². The summed E-state index contributed by atoms with van der Waals surface area (Å²) in [6, 6.07) is 0.476. The fourth-order valence-corrected chi connectivity index (χ4v) is 2.70. The Morgan fingerprint density at radius 1 is 1.33 bits per heavy atom. The first-order chi connectivity index (χ1) is 6.99. The normalized spacial score (nSPS) is 14.1. The Morgan fingerprint density at radius 3 is 2.47 bits per heavy atom. The van der Waals surface area contributed by atoms with Gasteiger partial charge in [0.05, 0.1) is 0 Å². The lowest BCUT2D eigenvalue weighted by Crippen LogP contribution is -2.29. The van der Waals surface area contributed by atoms with E-state index in [2.05, 4.69) is 18.5 Å². The standard InChI is InChI=1S/C10H23NO2S2/c1-4-11-10(7-8-14-2)6-5-9-15(3,12)13/h10-11H,4-9H2,1-3H3. The molecule has 92 valence electrons. The summed E-state index contributed by atoms with van der Waals surface area (Å²) in [7, 11) is -2.79. The van der Waals surface area contributed by atoms with Crippen LogP contribution in [0, 0.1) is 0 Å². The maximum atomic E-state index is 11.0. The van der Waals surface area contributed by atoms with E-state index in [9.17, 15) is 8.42 Å². The van der Waals surface area contributed by atoms with Crippen molar-refractivity contribution in [3.05, 3.63) is 0 Å². The Balaban J connectivity index is 3.74. The largest absolute Gasteiger partial charge is 0.314 e. The van der Waals surface area contributed by atoms with Gasteiger partial charge in [0.1, 0.15) is 9.84 Å². The molecule has 0 saturated heterocycles. The number of nitrogens with one attached hydrogen (secondary N) is 1. The highest BCUT2D eigenvalue weighted by Gasteiger charge is 2.08. The minimum Gasteiger partial charge on any atom is -0.314 e. The van der Waals surface area contributed by atoms with Gasteiger partial charge in [0.25, 0.3) is 0 Å². The third-order valence-electron chi connectivity index (χ3n) is 2.23. The molecule has 0 spiro atoms. The smallest absolute Gasteiger partial charge is 0.147 e. The lowest BCUT2D eigenvalue weighted by molar-refractivity contribution is 0.478. The molecule has 1 unspecified atom stereocenters. The number of hydrogen-bond acceptors (Lipinski definition) is 4. The third kappa shape index (κ3) is 10.5. The van der Waals surface area contributed by atoms with Gasteiger partial charge in [-0.1, -0.05) is 6.92 Å². The summed E-state index contributed by atoms with van der Waals surface area (Å²) < 4.78 is 21.9. The van der Waals surface area contributed by atoms with E-state index in [-0.39, 0.29) is 0 Å². The van der Waals surface area contributed by atoms with Crippen LogP contribution in [0.3, 0.4) is 0 Å². The lowest BCUT2D eigenvalue weighted by atomic mass is 10.1. The van der Waals surface area contributed by atoms with Crippen molar-refractivity contribution in [2.24, 2.45) is 0 Å². The van der Waals surface area contributed by atoms with Gasteiger partial charge < -0.3 is 5.32 Å². The SMILES string of the molecule is CCNC(CCCS(C)(=O)=O)CCSC. The van der Waals surface area contributed by atoms with Crippen LogP contribution >= 0.6 is 11.8 Å². The molecule has 0 aromatic carbocycles. The zero-order chi connectivity index (χ0) is 11.7. The van der Waals surface area contributed by atoms with E-state index >= 15 is 0 Å². The van der Waals surface area contributed by atoms with Crippen molar-refractivity contribution in [1.82, 2.24) is 5.32 Å². The van der Waals surface area contributed by atoms with Gasteiger partial charge in [-0.2, -0.15) is 11.8 Å². The highest BCUT2D eigenvalue weighted by Crippen LogP contribution is 2.07. The van der Waals surface area contributed by atoms with Crippen molar-refractivity contribution in [3.63, 3.8) is 0 Å². The van der Waals surface area contributed by atoms with E-state index in [0.29, 0.717) is 11.8 Å². The summed E-state index contributed by atoms with van der Waals surface area (Å²) in [5.41, 5.74) is 0. The maximum absolute atomic E-state index is 11.0. The fraction of sp³-hybridized carbons (Fsp3) is 1.00. The van der Waals surface area contributed by atoms with Gasteiger partial charge in [-0.3, -0.25) is 0 Å². The van der Waals surface area contributed by atoms with Crippen LogP contribution in [0.2, 0.25) is 0 Å². The van der Waals surface area contributed by atoms with Gasteiger partial charge in [0.15, 0.2) is 0 Å². The Hall–Kier alpha value is 0.260. The molecule has 0 aliphatic rings. The van der Waals surface area contributed by atoms with Gasteiger partial charge in [0.2, 0.25) is 0 Å². The first kappa shape index (κ1) is 15.3. The summed E-state index contributed by atoms with van der Waals surface area (Å²) in [4.78, 5) is 0. The minimum absolute atomic E-state index is 0.314. The molecule has 0 fully saturated rings. The molecule has 3 nitrogen and oxygen atoms in total. The Bertz CT molecular complexity index is 240. The average molecular weight is 253 g/mol. The first-order valence-corrected chi connectivity index (χ1v) is 8.85. The number of thioether (sulfide) groups is 1. The number of hydrogen-bond donors (Lipinski definition) is 1. The highest BCUT2D eigenvalue weighted by atomic mass is 32.2. The van der Waals surface area contributed by atoms with Crippen LogP contribution in [0.1, 0.15) is 26.2 Å². The predicted octanol–water partition coefficient (Wildman–Crippen LogP) is 1.54. The predicted molar refractivity (Wildman–Crippen MR) is 69.4 cm³/mol. The monoisotopic (exact) mass is 253 g/mol. The van der Waals surface area contributed by atoms with E-state index in [1.54, 1.807) is 0 Å². The Kier molecular flexibility index (Phi) is 8.56. The highest BCUT2D eigenvalue weighted by molar-refractivity contribution is 7.98. The molecule has 0 aromatic heterocycles. The maximum Gasteiger partial charge on any atom is 0.147 e. The van der Waals surface area contributed by atoms with Crippen molar-refractivity contribution in [2.45, 2.75) is 32.2 Å². The molecule has 0 aromatic rings. The van der Waals surface area contributed by atoms with Crippen LogP contribution in [-0.4, -0.2) is 45.0 Å². The van der Waals surface area contributed by atoms with E-state index in [1.807, 2.05) is 11.8 Å². The van der Waals surface area contributed by atoms with Gasteiger partial charge in [-0.15, -0.1) is 0 Å². The molecule has 0 saturated carbocycles. The van der Waals surface area contributed by atoms with E-state index < -0.39 is 9.84 Å². The van der Waals surface area contributed by atoms with Crippen molar-refractivity contribution in [2.75, 3.05) is 30.6 Å². The van der Waals surface area contributed by atoms with Crippen LogP contribution in [0.25, 0.3) is 0 Å². The van der Waals surface area contributed by atoms with Crippen LogP contribution in [0.4, 0.5) is 0 Å². The van der Waals surface area contributed by atoms with E-state index in [1.165, 1.54) is 6.26 Å². The van der Waals surface area contributed by atoms with Crippen molar-refractivity contribution >= 4 is 21.6 Å². The quantitative estimate of drug-likeness (QED) is 0.677. The molecule has 0 aliphatic carbocycles. The molecule has 15 heavy (non-hydrogen) atoms. The average Bonchev–Trinajstić information content (AvgIpc) is 2.12. The van der Waals surface area contributed by atoms with Crippen LogP contribution in [-0.2, 0) is 9.84 Å².